The number of non-ortho nitro benzene ring substituents is 1. The molecule has 1 heterocycles. The van der Waals surface area contributed by atoms with E-state index in [4.69, 9.17) is 4.52 Å². The Balaban J connectivity index is 2.07. The van der Waals surface area contributed by atoms with Crippen LogP contribution in [0.5, 0.6) is 0 Å². The van der Waals surface area contributed by atoms with Gasteiger partial charge in [-0.3, -0.25) is 10.1 Å². The predicted molar refractivity (Wildman–Crippen MR) is 72.0 cm³/mol. The smallest absolute Gasteiger partial charge is 0.269 e. The number of hydrogen-bond acceptors (Lipinski definition) is 6. The minimum atomic E-state index is -0.410. The van der Waals surface area contributed by atoms with Crippen molar-refractivity contribution >= 4 is 5.69 Å². The van der Waals surface area contributed by atoms with E-state index in [2.05, 4.69) is 15.5 Å². The van der Waals surface area contributed by atoms with E-state index in [1.807, 2.05) is 13.8 Å². The Labute approximate surface area is 116 Å². The van der Waals surface area contributed by atoms with Crippen molar-refractivity contribution < 1.29 is 9.45 Å². The molecule has 7 heteroatoms. The highest BCUT2D eigenvalue weighted by atomic mass is 16.6. The molecule has 20 heavy (non-hydrogen) atoms. The van der Waals surface area contributed by atoms with Gasteiger partial charge in [0.15, 0.2) is 5.82 Å². The van der Waals surface area contributed by atoms with Crippen LogP contribution >= 0.6 is 0 Å². The van der Waals surface area contributed by atoms with E-state index in [1.54, 1.807) is 19.1 Å². The molecule has 1 N–H and O–H groups in total. The summed E-state index contributed by atoms with van der Waals surface area (Å²) in [5.74, 6) is 1.10. The fourth-order valence-electron chi connectivity index (χ4n) is 1.82. The standard InChI is InChI=1S/C13H16N4O3/c1-9-15-12(16-20-9)8-14-13(2,3)10-4-6-11(7-5-10)17(18)19/h4-7,14H,8H2,1-3H3. The van der Waals surface area contributed by atoms with Gasteiger partial charge in [-0.25, -0.2) is 0 Å². The van der Waals surface area contributed by atoms with Crippen molar-refractivity contribution in [2.75, 3.05) is 0 Å². The Morgan fingerprint density at radius 1 is 1.35 bits per heavy atom. The number of hydrogen-bond donors (Lipinski definition) is 1. The first-order valence-electron chi connectivity index (χ1n) is 6.17. The van der Waals surface area contributed by atoms with Gasteiger partial charge in [-0.15, -0.1) is 0 Å². The van der Waals surface area contributed by atoms with Crippen LogP contribution in [0.1, 0.15) is 31.1 Å². The topological polar surface area (TPSA) is 94.1 Å². The van der Waals surface area contributed by atoms with E-state index in [1.165, 1.54) is 12.1 Å². The molecule has 0 spiro atoms. The van der Waals surface area contributed by atoms with Crippen LogP contribution < -0.4 is 5.32 Å². The second-order valence-electron chi connectivity index (χ2n) is 5.01. The van der Waals surface area contributed by atoms with Gasteiger partial charge in [0.25, 0.3) is 5.69 Å². The molecule has 0 atom stereocenters. The Morgan fingerprint density at radius 3 is 2.50 bits per heavy atom. The van der Waals surface area contributed by atoms with E-state index in [-0.39, 0.29) is 11.2 Å². The van der Waals surface area contributed by atoms with Crippen LogP contribution in [-0.2, 0) is 12.1 Å². The number of nitro groups is 1. The zero-order chi connectivity index (χ0) is 14.8. The summed E-state index contributed by atoms with van der Waals surface area (Å²) < 4.78 is 4.90. The monoisotopic (exact) mass is 276 g/mol. The molecule has 0 aliphatic carbocycles. The van der Waals surface area contributed by atoms with Crippen molar-refractivity contribution in [3.05, 3.63) is 51.7 Å². The van der Waals surface area contributed by atoms with Crippen LogP contribution in [0.3, 0.4) is 0 Å². The SMILES string of the molecule is Cc1nc(CNC(C)(C)c2ccc([N+](=O)[O-])cc2)no1. The average molecular weight is 276 g/mol. The Morgan fingerprint density at radius 2 is 2.00 bits per heavy atom. The van der Waals surface area contributed by atoms with Gasteiger partial charge in [-0.1, -0.05) is 17.3 Å². The van der Waals surface area contributed by atoms with Crippen LogP contribution in [0.4, 0.5) is 5.69 Å². The van der Waals surface area contributed by atoms with Gasteiger partial charge in [-0.05, 0) is 19.4 Å². The van der Waals surface area contributed by atoms with Crippen LogP contribution in [0.25, 0.3) is 0 Å². The average Bonchev–Trinajstić information content (AvgIpc) is 2.82. The number of nitro benzene ring substituents is 1. The lowest BCUT2D eigenvalue weighted by molar-refractivity contribution is -0.384. The van der Waals surface area contributed by atoms with Gasteiger partial charge in [0, 0.05) is 24.6 Å². The van der Waals surface area contributed by atoms with E-state index < -0.39 is 4.92 Å². The van der Waals surface area contributed by atoms with Gasteiger partial charge in [-0.2, -0.15) is 4.98 Å². The summed E-state index contributed by atoms with van der Waals surface area (Å²) in [7, 11) is 0. The summed E-state index contributed by atoms with van der Waals surface area (Å²) >= 11 is 0. The summed E-state index contributed by atoms with van der Waals surface area (Å²) in [6, 6.07) is 6.48. The Bertz CT molecular complexity index is 604. The van der Waals surface area contributed by atoms with Gasteiger partial charge in [0.2, 0.25) is 5.89 Å². The number of nitrogens with zero attached hydrogens (tertiary/aromatic N) is 3. The van der Waals surface area contributed by atoms with Crippen LogP contribution in [0.15, 0.2) is 28.8 Å². The molecule has 0 saturated heterocycles. The maximum Gasteiger partial charge on any atom is 0.269 e. The number of benzene rings is 1. The molecule has 0 fully saturated rings. The van der Waals surface area contributed by atoms with Gasteiger partial charge < -0.3 is 9.84 Å². The second-order valence-corrected chi connectivity index (χ2v) is 5.01. The molecule has 7 nitrogen and oxygen atoms in total. The molecule has 106 valence electrons. The maximum absolute atomic E-state index is 10.6. The third-order valence-corrected chi connectivity index (χ3v) is 3.06. The summed E-state index contributed by atoms with van der Waals surface area (Å²) in [6.07, 6.45) is 0. The number of rotatable bonds is 5. The number of aromatic nitrogens is 2. The zero-order valence-corrected chi connectivity index (χ0v) is 11.6. The first kappa shape index (κ1) is 14.1. The highest BCUT2D eigenvalue weighted by Crippen LogP contribution is 2.23. The minimum Gasteiger partial charge on any atom is -0.340 e. The molecule has 2 rings (SSSR count). The first-order chi connectivity index (χ1) is 9.38. The highest BCUT2D eigenvalue weighted by Gasteiger charge is 2.21. The summed E-state index contributed by atoms with van der Waals surface area (Å²) in [4.78, 5) is 14.3. The van der Waals surface area contributed by atoms with Gasteiger partial charge in [0.1, 0.15) is 0 Å². The van der Waals surface area contributed by atoms with Crippen molar-refractivity contribution in [3.63, 3.8) is 0 Å². The highest BCUT2D eigenvalue weighted by molar-refractivity contribution is 5.35. The molecule has 0 radical (unpaired) electrons. The fourth-order valence-corrected chi connectivity index (χ4v) is 1.82. The minimum absolute atomic E-state index is 0.0818. The molecule has 0 amide bonds. The molecular weight excluding hydrogens is 260 g/mol. The van der Waals surface area contributed by atoms with Crippen molar-refractivity contribution in [1.82, 2.24) is 15.5 Å². The van der Waals surface area contributed by atoms with E-state index in [0.717, 1.165) is 5.56 Å². The van der Waals surface area contributed by atoms with Crippen LogP contribution in [-0.4, -0.2) is 15.1 Å². The third kappa shape index (κ3) is 3.18. The molecular formula is C13H16N4O3. The summed E-state index contributed by atoms with van der Waals surface area (Å²) in [5, 5.41) is 17.7. The molecule has 2 aromatic rings. The van der Waals surface area contributed by atoms with Gasteiger partial charge in [0.05, 0.1) is 11.5 Å². The molecule has 1 aromatic heterocycles. The summed E-state index contributed by atoms with van der Waals surface area (Å²) in [5.41, 5.74) is 0.672. The Kier molecular flexibility index (Phi) is 3.80. The molecule has 0 unspecified atom stereocenters. The molecule has 0 bridgehead atoms. The van der Waals surface area contributed by atoms with Crippen molar-refractivity contribution in [2.45, 2.75) is 32.9 Å². The van der Waals surface area contributed by atoms with Crippen LogP contribution in [0.2, 0.25) is 0 Å². The summed E-state index contributed by atoms with van der Waals surface area (Å²) in [6.45, 7) is 6.17. The van der Waals surface area contributed by atoms with Crippen LogP contribution in [0, 0.1) is 17.0 Å². The van der Waals surface area contributed by atoms with E-state index in [9.17, 15) is 10.1 Å². The number of aryl methyl sites for hydroxylation is 1. The lowest BCUT2D eigenvalue weighted by Gasteiger charge is -2.26. The third-order valence-electron chi connectivity index (χ3n) is 3.06. The molecule has 0 saturated carbocycles. The van der Waals surface area contributed by atoms with E-state index >= 15 is 0 Å². The fraction of sp³-hybridized carbons (Fsp3) is 0.385. The molecule has 0 aliphatic heterocycles. The predicted octanol–water partition coefficient (Wildman–Crippen LogP) is 2.31. The lowest BCUT2D eigenvalue weighted by Crippen LogP contribution is -2.36. The number of nitrogens with one attached hydrogen (secondary N) is 1. The quantitative estimate of drug-likeness (QED) is 0.665. The lowest BCUT2D eigenvalue weighted by atomic mass is 9.94. The van der Waals surface area contributed by atoms with Crippen molar-refractivity contribution in [2.24, 2.45) is 0 Å². The molecule has 0 aliphatic rings. The van der Waals surface area contributed by atoms with Crippen molar-refractivity contribution in [3.8, 4) is 0 Å². The first-order valence-corrected chi connectivity index (χ1v) is 6.17. The van der Waals surface area contributed by atoms with Gasteiger partial charge >= 0.3 is 0 Å². The molecule has 1 aromatic carbocycles. The van der Waals surface area contributed by atoms with E-state index in [0.29, 0.717) is 18.3 Å². The van der Waals surface area contributed by atoms with Crippen molar-refractivity contribution in [1.29, 1.82) is 0 Å². The maximum atomic E-state index is 10.6. The Hall–Kier alpha value is -2.28. The largest absolute Gasteiger partial charge is 0.340 e. The zero-order valence-electron chi connectivity index (χ0n) is 11.6. The second kappa shape index (κ2) is 5.38. The normalized spacial score (nSPS) is 11.6.